The second-order valence-corrected chi connectivity index (χ2v) is 15.1. The highest BCUT2D eigenvalue weighted by atomic mass is 19.1. The van der Waals surface area contributed by atoms with Gasteiger partial charge < -0.3 is 41.1 Å². The zero-order valence-corrected chi connectivity index (χ0v) is 31.2. The van der Waals surface area contributed by atoms with Crippen LogP contribution < -0.4 is 21.7 Å². The van der Waals surface area contributed by atoms with E-state index >= 15 is 0 Å². The molecule has 284 valence electrons. The van der Waals surface area contributed by atoms with E-state index in [1.165, 1.54) is 0 Å². The molecule has 0 saturated carbocycles. The lowest BCUT2D eigenvalue weighted by Crippen LogP contribution is -2.54. The number of para-hydroxylation sites is 2. The maximum absolute atomic E-state index is 13.8. The van der Waals surface area contributed by atoms with E-state index < -0.39 is 5.95 Å². The topological polar surface area (TPSA) is 198 Å². The minimum Gasteiger partial charge on any atom is -0.377 e. The lowest BCUT2D eigenvalue weighted by Gasteiger charge is -2.39. The van der Waals surface area contributed by atoms with Gasteiger partial charge in [0.15, 0.2) is 0 Å². The van der Waals surface area contributed by atoms with Gasteiger partial charge in [0.2, 0.25) is 5.95 Å². The number of aryl methyl sites for hydroxylation is 2. The Morgan fingerprint density at radius 2 is 1.20 bits per heavy atom. The fourth-order valence-corrected chi connectivity index (χ4v) is 6.93. The van der Waals surface area contributed by atoms with Gasteiger partial charge in [-0.3, -0.25) is 9.59 Å². The summed E-state index contributed by atoms with van der Waals surface area (Å²) in [5.41, 5.74) is 15.9. The Bertz CT molecular complexity index is 2460. The van der Waals surface area contributed by atoms with Gasteiger partial charge in [-0.25, -0.2) is 19.9 Å². The van der Waals surface area contributed by atoms with Crippen LogP contribution in [0.5, 0.6) is 0 Å². The highest BCUT2D eigenvalue weighted by molar-refractivity contribution is 6.00. The summed E-state index contributed by atoms with van der Waals surface area (Å²) < 4.78 is 23.9. The van der Waals surface area contributed by atoms with Crippen LogP contribution in [-0.2, 0) is 22.3 Å². The summed E-state index contributed by atoms with van der Waals surface area (Å²) in [4.78, 5) is 48.5. The minimum absolute atomic E-state index is 0. The largest absolute Gasteiger partial charge is 0.377 e. The van der Waals surface area contributed by atoms with Crippen molar-refractivity contribution in [1.82, 2.24) is 40.5 Å². The molecule has 0 atom stereocenters. The highest BCUT2D eigenvalue weighted by Gasteiger charge is 2.34. The van der Waals surface area contributed by atoms with Crippen molar-refractivity contribution in [2.24, 2.45) is 5.73 Å². The standard InChI is InChI=1S/C20H21N5O2.C16H13FN4O.C4H9NO/c1-11-18(25-20(2)9-27-10-20)24-17-12(4-3-5-15(17)22-11)16-8-13-14(23-16)6-7-21-19(13)26;1-8-15(17)21-14-9(3-2-4-12(14)19-8)13-7-10-11(20-13)5-6-18-16(10)22;1-4(5)2-6-3-4/h3-5,8,23H,6-7,9-10H2,1-2H3,(H,21,26)(H,24,25);2-4,7,20H,5-6H2,1H3,(H,18,22);2-3,5H2,1H3. The number of carbonyl (C=O) groups is 2. The molecule has 2 saturated heterocycles. The number of carbonyl (C=O) groups excluding carboxylic acids is 2. The smallest absolute Gasteiger partial charge is 0.253 e. The van der Waals surface area contributed by atoms with Crippen LogP contribution >= 0.6 is 0 Å². The molecule has 0 unspecified atom stereocenters. The van der Waals surface area contributed by atoms with Gasteiger partial charge in [0.25, 0.3) is 11.8 Å². The Morgan fingerprint density at radius 1 is 0.709 bits per heavy atom. The number of hydrogen-bond donors (Lipinski definition) is 6. The molecule has 2 aromatic carbocycles. The van der Waals surface area contributed by atoms with Crippen molar-refractivity contribution in [3.8, 4) is 22.5 Å². The van der Waals surface area contributed by atoms with Crippen LogP contribution in [0.1, 0.15) is 57.3 Å². The molecule has 7 N–H and O–H groups in total. The number of H-pyrrole nitrogens is 2. The number of halogens is 1. The third kappa shape index (κ3) is 7.25. The van der Waals surface area contributed by atoms with Crippen LogP contribution in [0, 0.1) is 19.8 Å². The molecule has 6 aromatic rings. The number of hydrogen-bond acceptors (Lipinski definition) is 10. The number of nitrogens with two attached hydrogens (primary N) is 1. The number of nitrogens with one attached hydrogen (secondary N) is 5. The van der Waals surface area contributed by atoms with Crippen molar-refractivity contribution in [3.63, 3.8) is 0 Å². The van der Waals surface area contributed by atoms with Crippen molar-refractivity contribution >= 4 is 39.7 Å². The maximum atomic E-state index is 13.8. The molecular weight excluding hydrogens is 704 g/mol. The van der Waals surface area contributed by atoms with E-state index in [9.17, 15) is 14.0 Å². The molecule has 15 heteroatoms. The zero-order chi connectivity index (χ0) is 38.5. The summed E-state index contributed by atoms with van der Waals surface area (Å²) in [7, 11) is 0. The number of aromatic amines is 2. The van der Waals surface area contributed by atoms with Gasteiger partial charge in [-0.1, -0.05) is 24.3 Å². The average molecular weight is 747 g/mol. The predicted molar refractivity (Wildman–Crippen MR) is 206 cm³/mol. The number of anilines is 1. The molecule has 55 heavy (non-hydrogen) atoms. The van der Waals surface area contributed by atoms with Gasteiger partial charge in [-0.05, 0) is 52.0 Å². The van der Waals surface area contributed by atoms with Crippen LogP contribution in [0.25, 0.3) is 44.6 Å². The molecule has 4 aliphatic heterocycles. The number of fused-ring (bicyclic) bond motifs is 4. The van der Waals surface area contributed by atoms with Gasteiger partial charge in [0, 0.05) is 59.8 Å². The maximum Gasteiger partial charge on any atom is 0.253 e. The van der Waals surface area contributed by atoms with E-state index in [1.807, 2.05) is 50.2 Å². The van der Waals surface area contributed by atoms with Crippen molar-refractivity contribution in [2.75, 3.05) is 44.8 Å². The molecule has 8 heterocycles. The number of aromatic nitrogens is 6. The first-order valence-corrected chi connectivity index (χ1v) is 18.3. The van der Waals surface area contributed by atoms with Crippen LogP contribution in [0.15, 0.2) is 48.5 Å². The number of amides is 2. The van der Waals surface area contributed by atoms with E-state index in [1.54, 1.807) is 19.1 Å². The van der Waals surface area contributed by atoms with E-state index in [0.717, 1.165) is 82.5 Å². The Balaban J connectivity index is 0.000000137. The first kappa shape index (κ1) is 36.2. The first-order chi connectivity index (χ1) is 26.4. The molecular formula is C40H43FN10O4. The van der Waals surface area contributed by atoms with Crippen molar-refractivity contribution in [3.05, 3.63) is 88.4 Å². The summed E-state index contributed by atoms with van der Waals surface area (Å²) in [6, 6.07) is 15.1. The summed E-state index contributed by atoms with van der Waals surface area (Å²) in [5.74, 6) is 0.0853. The highest BCUT2D eigenvalue weighted by Crippen LogP contribution is 2.32. The van der Waals surface area contributed by atoms with E-state index in [4.69, 9.17) is 25.2 Å². The lowest BCUT2D eigenvalue weighted by molar-refractivity contribution is -0.0433. The number of benzene rings is 2. The number of ether oxygens (including phenoxy) is 2. The SMILES string of the molecule is CC1(N)COC1.Cc1nc2cccc(-c3cc4c([nH]3)CCNC4=O)c2nc1F.Cc1nc2cccc(-c3cc4c([nH]3)CCNC4=O)c2nc1NC1(C)COC1. The Morgan fingerprint density at radius 3 is 1.65 bits per heavy atom. The Hall–Kier alpha value is -5.77. The first-order valence-electron chi connectivity index (χ1n) is 18.3. The molecule has 0 bridgehead atoms. The van der Waals surface area contributed by atoms with Crippen molar-refractivity contribution in [2.45, 2.75) is 51.6 Å². The van der Waals surface area contributed by atoms with Gasteiger partial charge in [0.1, 0.15) is 16.9 Å². The molecule has 4 aromatic heterocycles. The molecule has 2 fully saturated rings. The van der Waals surface area contributed by atoms with E-state index in [-0.39, 0.29) is 28.6 Å². The van der Waals surface area contributed by atoms with Crippen molar-refractivity contribution < 1.29 is 23.5 Å². The number of rotatable bonds is 4. The second-order valence-electron chi connectivity index (χ2n) is 15.1. The normalized spacial score (nSPS) is 17.6. The predicted octanol–water partition coefficient (Wildman–Crippen LogP) is 4.51. The summed E-state index contributed by atoms with van der Waals surface area (Å²) in [6.45, 7) is 11.7. The lowest BCUT2D eigenvalue weighted by atomic mass is 10.0. The van der Waals surface area contributed by atoms with Gasteiger partial charge in [-0.2, -0.15) is 4.39 Å². The monoisotopic (exact) mass is 746 g/mol. The average Bonchev–Trinajstić information content (AvgIpc) is 3.78. The molecule has 10 rings (SSSR count). The van der Waals surface area contributed by atoms with Gasteiger partial charge >= 0.3 is 0 Å². The van der Waals surface area contributed by atoms with Crippen LogP contribution in [0.4, 0.5) is 10.2 Å². The minimum atomic E-state index is -0.575. The third-order valence-electron chi connectivity index (χ3n) is 10.00. The van der Waals surface area contributed by atoms with Gasteiger partial charge in [-0.15, -0.1) is 0 Å². The zero-order valence-electron chi connectivity index (χ0n) is 31.2. The Kier molecular flexibility index (Phi) is 9.31. The second kappa shape index (κ2) is 14.1. The van der Waals surface area contributed by atoms with Crippen LogP contribution in [0.2, 0.25) is 0 Å². The summed E-state index contributed by atoms with van der Waals surface area (Å²) >= 11 is 0. The summed E-state index contributed by atoms with van der Waals surface area (Å²) in [5, 5.41) is 9.17. The van der Waals surface area contributed by atoms with Gasteiger partial charge in [0.05, 0.1) is 71.1 Å². The van der Waals surface area contributed by atoms with E-state index in [0.29, 0.717) is 48.5 Å². The molecule has 14 nitrogen and oxygen atoms in total. The number of nitrogens with zero attached hydrogens (tertiary/aromatic N) is 4. The van der Waals surface area contributed by atoms with Crippen molar-refractivity contribution in [1.29, 1.82) is 0 Å². The molecule has 0 spiro atoms. The van der Waals surface area contributed by atoms with Crippen LogP contribution in [0.3, 0.4) is 0 Å². The van der Waals surface area contributed by atoms with E-state index in [2.05, 4.69) is 42.8 Å². The van der Waals surface area contributed by atoms with Crippen LogP contribution in [-0.4, -0.2) is 92.3 Å². The fourth-order valence-electron chi connectivity index (χ4n) is 6.93. The third-order valence-corrected chi connectivity index (χ3v) is 10.00. The molecule has 0 radical (unpaired) electrons. The fraction of sp³-hybridized carbons (Fsp3) is 0.350. The Labute approximate surface area is 316 Å². The summed E-state index contributed by atoms with van der Waals surface area (Å²) in [6.07, 6.45) is 1.56. The molecule has 4 aliphatic rings. The molecule has 2 amide bonds. The molecule has 0 aliphatic carbocycles. The quantitative estimate of drug-likeness (QED) is 0.149.